The maximum Gasteiger partial charge on any atom is 0.328 e. The summed E-state index contributed by atoms with van der Waals surface area (Å²) in [5, 5.41) is 25.8. The summed E-state index contributed by atoms with van der Waals surface area (Å²) in [4.78, 5) is 55.6. The number of hydrogen-bond acceptors (Lipinski definition) is 10. The van der Waals surface area contributed by atoms with Crippen LogP contribution < -0.4 is 19.9 Å². The van der Waals surface area contributed by atoms with Crippen molar-refractivity contribution in [3.8, 4) is 35.2 Å². The van der Waals surface area contributed by atoms with Gasteiger partial charge in [-0.1, -0.05) is 29.7 Å². The lowest BCUT2D eigenvalue weighted by Gasteiger charge is -2.47. The highest BCUT2D eigenvalue weighted by Crippen LogP contribution is 2.53. The van der Waals surface area contributed by atoms with Gasteiger partial charge in [0.2, 0.25) is 5.91 Å². The van der Waals surface area contributed by atoms with Crippen molar-refractivity contribution < 1.29 is 38.1 Å². The van der Waals surface area contributed by atoms with Gasteiger partial charge in [-0.2, -0.15) is 9.97 Å². The Kier molecular flexibility index (Phi) is 13.5. The molecule has 4 amide bonds. The van der Waals surface area contributed by atoms with Crippen molar-refractivity contribution in [3.63, 3.8) is 0 Å². The summed E-state index contributed by atoms with van der Waals surface area (Å²) >= 11 is 6.46. The second-order valence-electron chi connectivity index (χ2n) is 22.7. The first-order valence-electron chi connectivity index (χ1n) is 26.5. The summed E-state index contributed by atoms with van der Waals surface area (Å²) in [6.07, 6.45) is 19.5. The van der Waals surface area contributed by atoms with Gasteiger partial charge in [0.15, 0.2) is 5.82 Å². The molecule has 1 spiro atoms. The summed E-state index contributed by atoms with van der Waals surface area (Å²) < 4.78 is 38.7. The number of β-amino-alcohol motifs (C(OH)–C–C–N with tert-alkyl or cyclic N) is 1. The lowest BCUT2D eigenvalue weighted by atomic mass is 9.65. The molecule has 5 aromatic rings. The number of benzene rings is 4. The number of phenolic OH excluding ortho intramolecular Hbond substituents is 1. The number of aromatic nitrogens is 2. The molecule has 1 aromatic heterocycles. The minimum Gasteiger partial charge on any atom is -0.508 e. The molecule has 0 bridgehead atoms. The first-order chi connectivity index (χ1) is 35.6. The van der Waals surface area contributed by atoms with Crippen molar-refractivity contribution in [2.24, 2.45) is 22.7 Å². The van der Waals surface area contributed by atoms with E-state index in [4.69, 9.17) is 32.7 Å². The topological polar surface area (TPSA) is 152 Å². The number of imide groups is 1. The van der Waals surface area contributed by atoms with Gasteiger partial charge in [-0.3, -0.25) is 19.8 Å². The van der Waals surface area contributed by atoms with Crippen LogP contribution in [0.4, 0.5) is 25.1 Å². The van der Waals surface area contributed by atoms with E-state index in [2.05, 4.69) is 16.1 Å². The minimum atomic E-state index is -0.961. The second-order valence-corrected chi connectivity index (χ2v) is 23.1. The highest BCUT2D eigenvalue weighted by atomic mass is 35.5. The molecule has 4 aliphatic heterocycles. The molecule has 16 heteroatoms. The van der Waals surface area contributed by atoms with Crippen molar-refractivity contribution in [1.82, 2.24) is 25.1 Å². The standard InChI is InChI=1S/C58H64ClF2N7O6/c1-3-41-46(60)10-6-38-29-40(69)31-44(49(38)41)42-7-8-43-51(50(42)61)63-54(64-52(43)67-23-4-16-56(2,73)34-67)74-35-58(19-20-58)32-36-13-24-65(25-14-36)33-37-11-17-57(18-12-37)21-27-66(28-22-57)53(71)39-5-9-45(59)47(30-39)68-26-15-48(70)62-55(68)72/h1,5-10,29-31,36-37,69,73H,4,11-28,32-35H2,2H3,(H,62,70,72)/t56-/m1/s1. The molecule has 0 unspecified atom stereocenters. The zero-order chi connectivity index (χ0) is 51.5. The van der Waals surface area contributed by atoms with Gasteiger partial charge in [0.1, 0.15) is 22.9 Å². The molecule has 5 heterocycles. The molecule has 6 aliphatic rings. The molecule has 3 N–H and O–H groups in total. The number of amides is 4. The van der Waals surface area contributed by atoms with E-state index in [-0.39, 0.29) is 69.6 Å². The first kappa shape index (κ1) is 50.1. The van der Waals surface area contributed by atoms with Gasteiger partial charge in [-0.05, 0) is 174 Å². The maximum atomic E-state index is 17.2. The Balaban J connectivity index is 0.696. The van der Waals surface area contributed by atoms with Crippen molar-refractivity contribution in [1.29, 1.82) is 0 Å². The average molecular weight is 1030 g/mol. The van der Waals surface area contributed by atoms with E-state index in [1.54, 1.807) is 37.3 Å². The molecule has 388 valence electrons. The lowest BCUT2D eigenvalue weighted by molar-refractivity contribution is -0.120. The molecule has 74 heavy (non-hydrogen) atoms. The van der Waals surface area contributed by atoms with Crippen LogP contribution in [0.1, 0.15) is 113 Å². The third kappa shape index (κ3) is 10.1. The van der Waals surface area contributed by atoms with Gasteiger partial charge in [0.25, 0.3) is 5.91 Å². The van der Waals surface area contributed by atoms with E-state index in [1.807, 2.05) is 9.80 Å². The van der Waals surface area contributed by atoms with Crippen LogP contribution in [0.25, 0.3) is 32.8 Å². The number of likely N-dealkylation sites (tertiary alicyclic amines) is 2. The number of fused-ring (bicyclic) bond motifs is 2. The van der Waals surface area contributed by atoms with Gasteiger partial charge >= 0.3 is 12.0 Å². The number of carbonyl (C=O) groups is 3. The fourth-order valence-electron chi connectivity index (χ4n) is 13.0. The number of nitrogens with zero attached hydrogens (tertiary/aromatic N) is 6. The molecule has 2 saturated carbocycles. The molecule has 13 nitrogen and oxygen atoms in total. The summed E-state index contributed by atoms with van der Waals surface area (Å²) in [6.45, 7) is 8.04. The van der Waals surface area contributed by atoms with Crippen LogP contribution in [0.2, 0.25) is 5.02 Å². The van der Waals surface area contributed by atoms with Gasteiger partial charge < -0.3 is 29.6 Å². The Bertz CT molecular complexity index is 3080. The van der Waals surface area contributed by atoms with Gasteiger partial charge in [0, 0.05) is 73.0 Å². The monoisotopic (exact) mass is 1030 g/mol. The fraction of sp³-hybridized carbons (Fsp3) is 0.500. The Morgan fingerprint density at radius 1 is 0.892 bits per heavy atom. The van der Waals surface area contributed by atoms with Crippen LogP contribution >= 0.6 is 11.6 Å². The Hall–Kier alpha value is -6.08. The molecule has 2 aliphatic carbocycles. The first-order valence-corrected chi connectivity index (χ1v) is 26.9. The summed E-state index contributed by atoms with van der Waals surface area (Å²) in [5.74, 6) is 2.36. The van der Waals surface area contributed by atoms with Crippen LogP contribution in [-0.2, 0) is 4.79 Å². The number of aliphatic hydroxyl groups is 1. The molecular weight excluding hydrogens is 964 g/mol. The van der Waals surface area contributed by atoms with E-state index >= 15 is 8.78 Å². The number of anilines is 2. The Morgan fingerprint density at radius 3 is 2.38 bits per heavy atom. The largest absolute Gasteiger partial charge is 0.508 e. The van der Waals surface area contributed by atoms with Crippen LogP contribution in [0.15, 0.2) is 54.6 Å². The van der Waals surface area contributed by atoms with E-state index in [9.17, 15) is 24.6 Å². The quantitative estimate of drug-likeness (QED) is 0.109. The second kappa shape index (κ2) is 19.9. The minimum absolute atomic E-state index is 0.000242. The van der Waals surface area contributed by atoms with Gasteiger partial charge in [0.05, 0.1) is 28.5 Å². The molecular formula is C58H64ClF2N7O6. The third-order valence-corrected chi connectivity index (χ3v) is 17.8. The zero-order valence-corrected chi connectivity index (χ0v) is 42.8. The molecule has 0 radical (unpaired) electrons. The van der Waals surface area contributed by atoms with Crippen molar-refractivity contribution in [2.45, 2.75) is 102 Å². The Labute approximate surface area is 435 Å². The SMILES string of the molecule is C#Cc1c(F)ccc2cc(O)cc(-c3ccc4c(N5CCC[C@@](C)(O)C5)nc(OCC5(CC6CCN(CC7CCC8(CC7)CCN(C(=O)c7ccc(Cl)c(N9CCC(=O)NC9=O)c7)CC8)CC6)CC5)nc4c3F)c12. The number of terminal acetylenes is 1. The average Bonchev–Trinajstić information content (AvgIpc) is 4.16. The number of nitrogens with one attached hydrogen (secondary N) is 1. The number of hydrogen-bond donors (Lipinski definition) is 3. The number of halogens is 3. The molecule has 1 atom stereocenters. The van der Waals surface area contributed by atoms with Crippen molar-refractivity contribution in [3.05, 3.63) is 82.4 Å². The summed E-state index contributed by atoms with van der Waals surface area (Å²) in [7, 11) is 0. The van der Waals surface area contributed by atoms with Crippen LogP contribution in [-0.4, -0.2) is 112 Å². The zero-order valence-electron chi connectivity index (χ0n) is 42.0. The van der Waals surface area contributed by atoms with Gasteiger partial charge in [-0.15, -0.1) is 6.42 Å². The summed E-state index contributed by atoms with van der Waals surface area (Å²) in [5.41, 5.74) is 0.591. The van der Waals surface area contributed by atoms with E-state index in [0.717, 1.165) is 71.0 Å². The fourth-order valence-corrected chi connectivity index (χ4v) is 13.2. The highest BCUT2D eigenvalue weighted by molar-refractivity contribution is 6.34. The predicted octanol–water partition coefficient (Wildman–Crippen LogP) is 10.2. The normalized spacial score (nSPS) is 22.6. The maximum absolute atomic E-state index is 17.2. The van der Waals surface area contributed by atoms with Crippen LogP contribution in [0.3, 0.4) is 0 Å². The number of ether oxygens (including phenoxy) is 1. The van der Waals surface area contributed by atoms with Crippen molar-refractivity contribution >= 4 is 62.6 Å². The van der Waals surface area contributed by atoms with E-state index in [0.29, 0.717) is 89.3 Å². The Morgan fingerprint density at radius 2 is 1.66 bits per heavy atom. The van der Waals surface area contributed by atoms with Crippen LogP contribution in [0, 0.1) is 46.6 Å². The highest BCUT2D eigenvalue weighted by Gasteiger charge is 2.46. The van der Waals surface area contributed by atoms with E-state index < -0.39 is 23.3 Å². The molecule has 4 aromatic carbocycles. The third-order valence-electron chi connectivity index (χ3n) is 17.5. The number of urea groups is 1. The van der Waals surface area contributed by atoms with Crippen molar-refractivity contribution in [2.75, 3.05) is 68.8 Å². The molecule has 6 fully saturated rings. The number of aromatic hydroxyl groups is 1. The predicted molar refractivity (Wildman–Crippen MR) is 281 cm³/mol. The number of piperidine rings is 3. The molecule has 11 rings (SSSR count). The number of phenols is 1. The molecule has 4 saturated heterocycles. The summed E-state index contributed by atoms with van der Waals surface area (Å²) in [6, 6.07) is 13.5. The van der Waals surface area contributed by atoms with Gasteiger partial charge in [-0.25, -0.2) is 13.6 Å². The number of rotatable bonds is 11. The smallest absolute Gasteiger partial charge is 0.328 e. The van der Waals surface area contributed by atoms with Crippen LogP contribution in [0.5, 0.6) is 11.8 Å². The lowest BCUT2D eigenvalue weighted by Crippen LogP contribution is -2.49. The number of carbonyl (C=O) groups excluding carboxylic acids is 3. The van der Waals surface area contributed by atoms with E-state index in [1.165, 1.54) is 54.8 Å².